The van der Waals surface area contributed by atoms with Crippen molar-refractivity contribution in [2.24, 2.45) is 11.3 Å². The number of hydrogen-bond donors (Lipinski definition) is 1. The summed E-state index contributed by atoms with van der Waals surface area (Å²) in [6.45, 7) is 3.65. The zero-order valence-electron chi connectivity index (χ0n) is 14.7. The molecule has 3 fully saturated rings. The minimum absolute atomic E-state index is 0.0498. The van der Waals surface area contributed by atoms with E-state index in [0.717, 1.165) is 18.6 Å². The van der Waals surface area contributed by atoms with Crippen LogP contribution in [0, 0.1) is 11.3 Å². The molecule has 1 atom stereocenters. The normalized spacial score (nSPS) is 33.4. The van der Waals surface area contributed by atoms with Gasteiger partial charge in [-0.05, 0) is 68.7 Å². The van der Waals surface area contributed by atoms with E-state index < -0.39 is 5.60 Å². The van der Waals surface area contributed by atoms with Gasteiger partial charge in [0.15, 0.2) is 0 Å². The third kappa shape index (κ3) is 2.48. The van der Waals surface area contributed by atoms with E-state index in [1.54, 1.807) is 0 Å². The minimum atomic E-state index is -0.617. The Hall–Kier alpha value is -1.88. The Kier molecular flexibility index (Phi) is 3.12. The molecule has 5 heteroatoms. The highest BCUT2D eigenvalue weighted by molar-refractivity contribution is 5.81. The average molecular weight is 339 g/mol. The summed E-state index contributed by atoms with van der Waals surface area (Å²) in [5.41, 5.74) is 2.28. The highest BCUT2D eigenvalue weighted by Gasteiger charge is 2.53. The van der Waals surface area contributed by atoms with E-state index in [1.165, 1.54) is 24.8 Å². The topological polar surface area (TPSA) is 57.8 Å². The van der Waals surface area contributed by atoms with Gasteiger partial charge in [-0.25, -0.2) is 4.52 Å². The average Bonchev–Trinajstić information content (AvgIpc) is 3.16. The lowest BCUT2D eigenvalue weighted by molar-refractivity contribution is -0.161. The molecule has 0 aromatic carbocycles. The van der Waals surface area contributed by atoms with Gasteiger partial charge in [0.05, 0.1) is 11.1 Å². The van der Waals surface area contributed by atoms with Crippen molar-refractivity contribution in [3.05, 3.63) is 36.2 Å². The Balaban J connectivity index is 1.22. The van der Waals surface area contributed by atoms with Crippen LogP contribution in [0.15, 0.2) is 30.6 Å². The van der Waals surface area contributed by atoms with Crippen molar-refractivity contribution in [3.63, 3.8) is 0 Å². The van der Waals surface area contributed by atoms with Crippen LogP contribution in [0.2, 0.25) is 0 Å². The predicted octanol–water partition coefficient (Wildman–Crippen LogP) is 2.59. The lowest BCUT2D eigenvalue weighted by Crippen LogP contribution is -2.61. The molecule has 2 saturated carbocycles. The van der Waals surface area contributed by atoms with Gasteiger partial charge in [-0.3, -0.25) is 4.79 Å². The van der Waals surface area contributed by atoms with Crippen molar-refractivity contribution in [2.45, 2.75) is 50.5 Å². The highest BCUT2D eigenvalue weighted by atomic mass is 16.3. The van der Waals surface area contributed by atoms with Crippen molar-refractivity contribution in [1.29, 1.82) is 0 Å². The van der Waals surface area contributed by atoms with Gasteiger partial charge < -0.3 is 10.0 Å². The molecule has 132 valence electrons. The molecule has 0 radical (unpaired) electrons. The van der Waals surface area contributed by atoms with Crippen LogP contribution >= 0.6 is 0 Å². The lowest BCUT2D eigenvalue weighted by atomic mass is 9.69. The number of aromatic nitrogens is 2. The van der Waals surface area contributed by atoms with Crippen LogP contribution in [0.25, 0.3) is 5.52 Å². The second-order valence-electron chi connectivity index (χ2n) is 8.90. The van der Waals surface area contributed by atoms with Gasteiger partial charge in [0.1, 0.15) is 0 Å². The number of fused-ring (bicyclic) bond motifs is 1. The number of nitrogens with zero attached hydrogens (tertiary/aromatic N) is 3. The second kappa shape index (κ2) is 5.07. The molecule has 1 amide bonds. The van der Waals surface area contributed by atoms with Crippen molar-refractivity contribution >= 4 is 11.4 Å². The van der Waals surface area contributed by atoms with E-state index in [0.29, 0.717) is 24.2 Å². The van der Waals surface area contributed by atoms with Gasteiger partial charge in [-0.15, -0.1) is 0 Å². The quantitative estimate of drug-likeness (QED) is 0.915. The van der Waals surface area contributed by atoms with Crippen LogP contribution in [-0.2, 0) is 4.79 Å². The van der Waals surface area contributed by atoms with E-state index in [9.17, 15) is 9.90 Å². The maximum absolute atomic E-state index is 12.5. The number of likely N-dealkylation sites (tertiary alicyclic amines) is 1. The first-order chi connectivity index (χ1) is 11.9. The molecule has 1 aliphatic heterocycles. The molecule has 1 spiro atoms. The molecule has 1 saturated heterocycles. The van der Waals surface area contributed by atoms with E-state index in [-0.39, 0.29) is 11.8 Å². The van der Waals surface area contributed by atoms with E-state index in [1.807, 2.05) is 28.6 Å². The molecule has 2 aromatic heterocycles. The van der Waals surface area contributed by atoms with Gasteiger partial charge in [-0.2, -0.15) is 5.10 Å². The van der Waals surface area contributed by atoms with Crippen LogP contribution in [0.1, 0.15) is 50.5 Å². The van der Waals surface area contributed by atoms with Crippen LogP contribution < -0.4 is 0 Å². The maximum atomic E-state index is 12.5. The first-order valence-electron chi connectivity index (χ1n) is 9.38. The lowest BCUT2D eigenvalue weighted by Gasteiger charge is -2.52. The molecule has 1 N–H and O–H groups in total. The van der Waals surface area contributed by atoms with Gasteiger partial charge in [0, 0.05) is 36.8 Å². The van der Waals surface area contributed by atoms with Gasteiger partial charge >= 0.3 is 0 Å². The Morgan fingerprint density at radius 3 is 2.84 bits per heavy atom. The van der Waals surface area contributed by atoms with Crippen LogP contribution in [-0.4, -0.2) is 44.2 Å². The van der Waals surface area contributed by atoms with Crippen LogP contribution in [0.5, 0.6) is 0 Å². The number of carbonyl (C=O) groups excluding carboxylic acids is 1. The molecule has 3 heterocycles. The molecular weight excluding hydrogens is 314 g/mol. The standard InChI is InChI=1S/C20H25N3O2/c1-19(25)9-16(10-19)18(24)22-12-20(13-22)5-2-15(11-20)14-4-7-23-17(8-14)3-6-21-23/h3-4,6-8,15-16,25H,2,5,9-13H2,1H3/t15?,16-,19+. The zero-order valence-corrected chi connectivity index (χ0v) is 14.7. The molecule has 5 rings (SSSR count). The van der Waals surface area contributed by atoms with Gasteiger partial charge in [-0.1, -0.05) is 0 Å². The summed E-state index contributed by atoms with van der Waals surface area (Å²) in [7, 11) is 0. The van der Waals surface area contributed by atoms with Gasteiger partial charge in [0.25, 0.3) is 0 Å². The Morgan fingerprint density at radius 1 is 1.28 bits per heavy atom. The van der Waals surface area contributed by atoms with E-state index >= 15 is 0 Å². The first-order valence-corrected chi connectivity index (χ1v) is 9.38. The molecule has 25 heavy (non-hydrogen) atoms. The number of amides is 1. The predicted molar refractivity (Wildman–Crippen MR) is 94.1 cm³/mol. The fraction of sp³-hybridized carbons (Fsp3) is 0.600. The molecule has 2 aliphatic carbocycles. The van der Waals surface area contributed by atoms with Crippen LogP contribution in [0.3, 0.4) is 0 Å². The molecule has 1 unspecified atom stereocenters. The Labute approximate surface area is 147 Å². The minimum Gasteiger partial charge on any atom is -0.390 e. The molecule has 3 aliphatic rings. The number of aliphatic hydroxyl groups is 1. The summed E-state index contributed by atoms with van der Waals surface area (Å²) in [5.74, 6) is 0.914. The first kappa shape index (κ1) is 15.4. The summed E-state index contributed by atoms with van der Waals surface area (Å²) in [6.07, 6.45) is 8.76. The monoisotopic (exact) mass is 339 g/mol. The smallest absolute Gasteiger partial charge is 0.225 e. The third-order valence-electron chi connectivity index (χ3n) is 6.68. The fourth-order valence-electron chi connectivity index (χ4n) is 5.33. The largest absolute Gasteiger partial charge is 0.390 e. The number of rotatable bonds is 2. The Bertz CT molecular complexity index is 826. The van der Waals surface area contributed by atoms with Gasteiger partial charge in [0.2, 0.25) is 5.91 Å². The molecule has 5 nitrogen and oxygen atoms in total. The Morgan fingerprint density at radius 2 is 2.08 bits per heavy atom. The summed E-state index contributed by atoms with van der Waals surface area (Å²) >= 11 is 0. The van der Waals surface area contributed by atoms with Crippen LogP contribution in [0.4, 0.5) is 0 Å². The maximum Gasteiger partial charge on any atom is 0.225 e. The van der Waals surface area contributed by atoms with E-state index in [2.05, 4.69) is 23.4 Å². The molecule has 0 bridgehead atoms. The van der Waals surface area contributed by atoms with E-state index in [4.69, 9.17) is 0 Å². The SMILES string of the molecule is C[C@]1(O)C[C@@H](C(=O)N2CC3(CCC(c4ccn5nccc5c4)C3)C2)C1. The number of carbonyl (C=O) groups is 1. The van der Waals surface area contributed by atoms with Crippen molar-refractivity contribution < 1.29 is 9.90 Å². The summed E-state index contributed by atoms with van der Waals surface area (Å²) in [4.78, 5) is 14.5. The summed E-state index contributed by atoms with van der Waals surface area (Å²) < 4.78 is 1.91. The van der Waals surface area contributed by atoms with Crippen molar-refractivity contribution in [3.8, 4) is 0 Å². The summed E-state index contributed by atoms with van der Waals surface area (Å²) in [5, 5.41) is 14.1. The second-order valence-corrected chi connectivity index (χ2v) is 8.90. The molecular formula is C20H25N3O2. The van der Waals surface area contributed by atoms with Crippen molar-refractivity contribution in [2.75, 3.05) is 13.1 Å². The third-order valence-corrected chi connectivity index (χ3v) is 6.68. The van der Waals surface area contributed by atoms with Crippen molar-refractivity contribution in [1.82, 2.24) is 14.5 Å². The number of pyridine rings is 1. The molecule has 2 aromatic rings. The zero-order chi connectivity index (χ0) is 17.2. The highest BCUT2D eigenvalue weighted by Crippen LogP contribution is 2.52. The summed E-state index contributed by atoms with van der Waals surface area (Å²) in [6, 6.07) is 6.50. The number of hydrogen-bond acceptors (Lipinski definition) is 3. The fourth-order valence-corrected chi connectivity index (χ4v) is 5.33.